The summed E-state index contributed by atoms with van der Waals surface area (Å²) in [4.78, 5) is 7.36. The molecule has 1 heterocycles. The summed E-state index contributed by atoms with van der Waals surface area (Å²) in [5.74, 6) is 0.347. The van der Waals surface area contributed by atoms with E-state index in [1.165, 1.54) is 0 Å². The molecule has 0 atom stereocenters. The van der Waals surface area contributed by atoms with Crippen molar-refractivity contribution in [1.82, 2.24) is 9.97 Å². The summed E-state index contributed by atoms with van der Waals surface area (Å²) < 4.78 is 0.723. The lowest BCUT2D eigenvalue weighted by atomic mass is 10.1. The van der Waals surface area contributed by atoms with E-state index in [1.807, 2.05) is 6.92 Å². The fourth-order valence-electron chi connectivity index (χ4n) is 0.930. The molecule has 0 fully saturated rings. The molecule has 0 saturated carbocycles. The van der Waals surface area contributed by atoms with E-state index in [0.717, 1.165) is 21.1 Å². The van der Waals surface area contributed by atoms with Gasteiger partial charge in [0.15, 0.2) is 0 Å². The zero-order valence-corrected chi connectivity index (χ0v) is 9.09. The molecule has 0 spiro atoms. The minimum Gasteiger partial charge on any atom is -0.346 e. The number of aromatic nitrogens is 2. The SMILES string of the molecule is Cc1[nH]c(=S)c(C(C)C)nc1S. The van der Waals surface area contributed by atoms with E-state index in [4.69, 9.17) is 12.2 Å². The molecule has 0 aromatic carbocycles. The van der Waals surface area contributed by atoms with Crippen molar-refractivity contribution in [3.63, 3.8) is 0 Å². The van der Waals surface area contributed by atoms with Crippen molar-refractivity contribution in [3.8, 4) is 0 Å². The van der Waals surface area contributed by atoms with Gasteiger partial charge >= 0.3 is 0 Å². The number of hydrogen-bond acceptors (Lipinski definition) is 3. The van der Waals surface area contributed by atoms with Crippen LogP contribution in [0.15, 0.2) is 5.03 Å². The van der Waals surface area contributed by atoms with Crippen molar-refractivity contribution in [2.45, 2.75) is 31.7 Å². The Kier molecular flexibility index (Phi) is 2.90. The molecule has 1 aromatic heterocycles. The van der Waals surface area contributed by atoms with Gasteiger partial charge in [0.05, 0.1) is 5.69 Å². The second-order valence-corrected chi connectivity index (χ2v) is 3.89. The lowest BCUT2D eigenvalue weighted by Gasteiger charge is -2.06. The highest BCUT2D eigenvalue weighted by Gasteiger charge is 2.05. The first-order valence-corrected chi connectivity index (χ1v) is 4.67. The molecule has 0 unspecified atom stereocenters. The van der Waals surface area contributed by atoms with Gasteiger partial charge < -0.3 is 4.98 Å². The molecule has 1 rings (SSSR count). The van der Waals surface area contributed by atoms with Gasteiger partial charge in [0.2, 0.25) is 0 Å². The Bertz CT molecular complexity index is 341. The van der Waals surface area contributed by atoms with Crippen LogP contribution < -0.4 is 0 Å². The maximum Gasteiger partial charge on any atom is 0.125 e. The van der Waals surface area contributed by atoms with Gasteiger partial charge in [-0.05, 0) is 12.8 Å². The lowest BCUT2D eigenvalue weighted by Crippen LogP contribution is -1.99. The number of hydrogen-bond donors (Lipinski definition) is 2. The van der Waals surface area contributed by atoms with Crippen molar-refractivity contribution in [2.75, 3.05) is 0 Å². The van der Waals surface area contributed by atoms with Crippen molar-refractivity contribution in [3.05, 3.63) is 16.0 Å². The van der Waals surface area contributed by atoms with Crippen LogP contribution in [0, 0.1) is 11.6 Å². The first kappa shape index (κ1) is 9.74. The second-order valence-electron chi connectivity index (χ2n) is 3.05. The van der Waals surface area contributed by atoms with E-state index in [-0.39, 0.29) is 0 Å². The standard InChI is InChI=1S/C8H12N2S2/c1-4(2)6-8(12)9-5(3)7(11)10-6/h4H,1-3H3,(H,9,12)(H,10,11). The predicted molar refractivity (Wildman–Crippen MR) is 55.5 cm³/mol. The summed E-state index contributed by atoms with van der Waals surface area (Å²) in [6.45, 7) is 6.04. The fourth-order valence-corrected chi connectivity index (χ4v) is 1.53. The molecule has 0 bridgehead atoms. The van der Waals surface area contributed by atoms with Crippen molar-refractivity contribution >= 4 is 24.8 Å². The average Bonchev–Trinajstić information content (AvgIpc) is 1.96. The summed E-state index contributed by atoms with van der Waals surface area (Å²) in [5, 5.41) is 0.729. The molecular formula is C8H12N2S2. The third-order valence-corrected chi connectivity index (χ3v) is 2.39. The first-order chi connectivity index (χ1) is 5.52. The zero-order chi connectivity index (χ0) is 9.30. The molecular weight excluding hydrogens is 188 g/mol. The molecule has 0 aliphatic heterocycles. The molecule has 66 valence electrons. The topological polar surface area (TPSA) is 28.7 Å². The van der Waals surface area contributed by atoms with Gasteiger partial charge in [0, 0.05) is 5.69 Å². The summed E-state index contributed by atoms with van der Waals surface area (Å²) >= 11 is 9.34. The van der Waals surface area contributed by atoms with Gasteiger partial charge in [-0.3, -0.25) is 0 Å². The number of H-pyrrole nitrogens is 1. The average molecular weight is 200 g/mol. The van der Waals surface area contributed by atoms with E-state index in [1.54, 1.807) is 0 Å². The van der Waals surface area contributed by atoms with Crippen LogP contribution in [-0.2, 0) is 0 Å². The quantitative estimate of drug-likeness (QED) is 0.539. The largest absolute Gasteiger partial charge is 0.346 e. The predicted octanol–water partition coefficient (Wildman–Crippen LogP) is 2.86. The van der Waals surface area contributed by atoms with Crippen LogP contribution in [0.25, 0.3) is 0 Å². The maximum atomic E-state index is 5.12. The fraction of sp³-hybridized carbons (Fsp3) is 0.500. The Morgan fingerprint density at radius 3 is 2.58 bits per heavy atom. The summed E-state index contributed by atoms with van der Waals surface area (Å²) in [7, 11) is 0. The van der Waals surface area contributed by atoms with Crippen LogP contribution in [0.2, 0.25) is 0 Å². The number of aromatic amines is 1. The minimum atomic E-state index is 0.347. The van der Waals surface area contributed by atoms with Crippen LogP contribution >= 0.6 is 24.8 Å². The highest BCUT2D eigenvalue weighted by atomic mass is 32.1. The third-order valence-electron chi connectivity index (χ3n) is 1.64. The van der Waals surface area contributed by atoms with Crippen molar-refractivity contribution in [2.24, 2.45) is 0 Å². The van der Waals surface area contributed by atoms with E-state index in [9.17, 15) is 0 Å². The first-order valence-electron chi connectivity index (χ1n) is 3.82. The molecule has 0 aliphatic carbocycles. The molecule has 12 heavy (non-hydrogen) atoms. The highest BCUT2D eigenvalue weighted by molar-refractivity contribution is 7.80. The number of nitrogens with zero attached hydrogens (tertiary/aromatic N) is 1. The molecule has 4 heteroatoms. The van der Waals surface area contributed by atoms with Crippen molar-refractivity contribution in [1.29, 1.82) is 0 Å². The molecule has 1 N–H and O–H groups in total. The van der Waals surface area contributed by atoms with Gasteiger partial charge in [-0.2, -0.15) is 0 Å². The van der Waals surface area contributed by atoms with Gasteiger partial charge in [-0.1, -0.05) is 26.1 Å². The molecule has 0 aliphatic rings. The van der Waals surface area contributed by atoms with E-state index in [0.29, 0.717) is 5.92 Å². The van der Waals surface area contributed by atoms with Gasteiger partial charge in [-0.25, -0.2) is 4.98 Å². The van der Waals surface area contributed by atoms with E-state index in [2.05, 4.69) is 36.4 Å². The second kappa shape index (κ2) is 3.58. The normalized spacial score (nSPS) is 10.8. The Morgan fingerprint density at radius 2 is 2.08 bits per heavy atom. The van der Waals surface area contributed by atoms with Gasteiger partial charge in [0.1, 0.15) is 9.67 Å². The molecule has 0 amide bonds. The summed E-state index contributed by atoms with van der Waals surface area (Å²) in [5.41, 5.74) is 1.84. The lowest BCUT2D eigenvalue weighted by molar-refractivity contribution is 0.773. The Morgan fingerprint density at radius 1 is 1.50 bits per heavy atom. The third kappa shape index (κ3) is 1.87. The van der Waals surface area contributed by atoms with Crippen LogP contribution in [-0.4, -0.2) is 9.97 Å². The van der Waals surface area contributed by atoms with Gasteiger partial charge in [0.25, 0.3) is 0 Å². The van der Waals surface area contributed by atoms with Crippen LogP contribution in [0.1, 0.15) is 31.2 Å². The zero-order valence-electron chi connectivity index (χ0n) is 7.38. The van der Waals surface area contributed by atoms with Crippen molar-refractivity contribution < 1.29 is 0 Å². The number of aryl methyl sites for hydroxylation is 1. The molecule has 1 aromatic rings. The van der Waals surface area contributed by atoms with Crippen LogP contribution in [0.3, 0.4) is 0 Å². The maximum absolute atomic E-state index is 5.12. The Labute approximate surface area is 82.8 Å². The number of rotatable bonds is 1. The molecule has 0 saturated heterocycles. The van der Waals surface area contributed by atoms with Crippen LogP contribution in [0.4, 0.5) is 0 Å². The molecule has 2 nitrogen and oxygen atoms in total. The van der Waals surface area contributed by atoms with E-state index < -0.39 is 0 Å². The minimum absolute atomic E-state index is 0.347. The van der Waals surface area contributed by atoms with Crippen LogP contribution in [0.5, 0.6) is 0 Å². The number of nitrogens with one attached hydrogen (secondary N) is 1. The number of thiol groups is 1. The smallest absolute Gasteiger partial charge is 0.125 e. The van der Waals surface area contributed by atoms with E-state index >= 15 is 0 Å². The Balaban J connectivity index is 3.33. The van der Waals surface area contributed by atoms with Gasteiger partial charge in [-0.15, -0.1) is 12.6 Å². The summed E-state index contributed by atoms with van der Waals surface area (Å²) in [6, 6.07) is 0. The molecule has 0 radical (unpaired) electrons. The summed E-state index contributed by atoms with van der Waals surface area (Å²) in [6.07, 6.45) is 0. The Hall–Kier alpha value is -0.350. The highest BCUT2D eigenvalue weighted by Crippen LogP contribution is 2.15. The monoisotopic (exact) mass is 200 g/mol.